The minimum absolute atomic E-state index is 0.298. The molecule has 1 heterocycles. The Morgan fingerprint density at radius 3 is 2.74 bits per heavy atom. The number of nitrogen functional groups attached to an aromatic ring is 1. The van der Waals surface area contributed by atoms with Gasteiger partial charge < -0.3 is 5.73 Å². The van der Waals surface area contributed by atoms with E-state index in [1.165, 1.54) is 17.5 Å². The molecule has 0 saturated heterocycles. The van der Waals surface area contributed by atoms with E-state index < -0.39 is 0 Å². The lowest BCUT2D eigenvalue weighted by atomic mass is 9.82. The molecular formula is C16H19N3. The van der Waals surface area contributed by atoms with E-state index in [0.717, 1.165) is 29.9 Å². The van der Waals surface area contributed by atoms with E-state index in [1.54, 1.807) is 0 Å². The molecule has 1 aromatic carbocycles. The molecule has 1 aliphatic carbocycles. The summed E-state index contributed by atoms with van der Waals surface area (Å²) in [5.74, 6) is 1.80. The average molecular weight is 253 g/mol. The van der Waals surface area contributed by atoms with Crippen molar-refractivity contribution in [2.45, 2.75) is 39.0 Å². The number of aryl methyl sites for hydroxylation is 2. The molecule has 0 aliphatic heterocycles. The molecule has 1 unspecified atom stereocenters. The topological polar surface area (TPSA) is 51.8 Å². The second kappa shape index (κ2) is 4.65. The van der Waals surface area contributed by atoms with Gasteiger partial charge in [-0.05, 0) is 44.2 Å². The Balaban J connectivity index is 2.09. The molecule has 3 nitrogen and oxygen atoms in total. The molecule has 1 aromatic heterocycles. The van der Waals surface area contributed by atoms with Crippen molar-refractivity contribution < 1.29 is 0 Å². The summed E-state index contributed by atoms with van der Waals surface area (Å²) in [4.78, 5) is 9.19. The van der Waals surface area contributed by atoms with Crippen LogP contribution in [-0.2, 0) is 6.42 Å². The molecule has 0 radical (unpaired) electrons. The van der Waals surface area contributed by atoms with E-state index in [9.17, 15) is 0 Å². The Morgan fingerprint density at radius 1 is 1.16 bits per heavy atom. The van der Waals surface area contributed by atoms with Gasteiger partial charge >= 0.3 is 0 Å². The lowest BCUT2D eigenvalue weighted by Gasteiger charge is -2.25. The van der Waals surface area contributed by atoms with Crippen LogP contribution in [-0.4, -0.2) is 9.97 Å². The highest BCUT2D eigenvalue weighted by Crippen LogP contribution is 2.35. The fraction of sp³-hybridized carbons (Fsp3) is 0.375. The third kappa shape index (κ3) is 2.09. The average Bonchev–Trinajstić information content (AvgIpc) is 2.43. The van der Waals surface area contributed by atoms with Crippen LogP contribution < -0.4 is 5.73 Å². The van der Waals surface area contributed by atoms with Crippen LogP contribution in [0.4, 0.5) is 5.82 Å². The Labute approximate surface area is 113 Å². The fourth-order valence-electron chi connectivity index (χ4n) is 2.85. The maximum atomic E-state index is 6.00. The number of benzene rings is 1. The summed E-state index contributed by atoms with van der Waals surface area (Å²) < 4.78 is 0. The normalized spacial score (nSPS) is 18.1. The van der Waals surface area contributed by atoms with Gasteiger partial charge in [-0.15, -0.1) is 0 Å². The first-order valence-corrected chi connectivity index (χ1v) is 6.85. The molecule has 1 atom stereocenters. The van der Waals surface area contributed by atoms with Gasteiger partial charge in [0.25, 0.3) is 0 Å². The van der Waals surface area contributed by atoms with E-state index >= 15 is 0 Å². The van der Waals surface area contributed by atoms with Crippen LogP contribution in [0.2, 0.25) is 0 Å². The van der Waals surface area contributed by atoms with Crippen LogP contribution in [0.1, 0.15) is 47.0 Å². The van der Waals surface area contributed by atoms with Crippen LogP contribution in [0.25, 0.3) is 0 Å². The zero-order chi connectivity index (χ0) is 13.4. The van der Waals surface area contributed by atoms with Crippen molar-refractivity contribution >= 4 is 5.82 Å². The van der Waals surface area contributed by atoms with Crippen molar-refractivity contribution in [2.75, 3.05) is 5.73 Å². The van der Waals surface area contributed by atoms with E-state index in [4.69, 9.17) is 5.73 Å². The predicted molar refractivity (Wildman–Crippen MR) is 77.1 cm³/mol. The second-order valence-electron chi connectivity index (χ2n) is 5.32. The quantitative estimate of drug-likeness (QED) is 0.849. The summed E-state index contributed by atoms with van der Waals surface area (Å²) in [6.45, 7) is 3.98. The van der Waals surface area contributed by atoms with Gasteiger partial charge in [0.15, 0.2) is 0 Å². The van der Waals surface area contributed by atoms with Gasteiger partial charge in [0.1, 0.15) is 11.6 Å². The molecule has 0 saturated carbocycles. The Hall–Kier alpha value is -1.90. The van der Waals surface area contributed by atoms with E-state index in [2.05, 4.69) is 34.2 Å². The molecule has 19 heavy (non-hydrogen) atoms. The Bertz CT molecular complexity index is 596. The minimum Gasteiger partial charge on any atom is -0.383 e. The number of nitrogens with two attached hydrogens (primary N) is 1. The smallest absolute Gasteiger partial charge is 0.138 e. The second-order valence-corrected chi connectivity index (χ2v) is 5.32. The number of fused-ring (bicyclic) bond motifs is 1. The largest absolute Gasteiger partial charge is 0.383 e. The van der Waals surface area contributed by atoms with Gasteiger partial charge in [0, 0.05) is 17.2 Å². The van der Waals surface area contributed by atoms with E-state index in [-0.39, 0.29) is 0 Å². The van der Waals surface area contributed by atoms with Crippen LogP contribution in [0.15, 0.2) is 24.3 Å². The highest BCUT2D eigenvalue weighted by molar-refractivity contribution is 5.43. The van der Waals surface area contributed by atoms with Crippen LogP contribution >= 0.6 is 0 Å². The van der Waals surface area contributed by atoms with Crippen molar-refractivity contribution in [1.82, 2.24) is 9.97 Å². The number of nitrogens with zero attached hydrogens (tertiary/aromatic N) is 2. The van der Waals surface area contributed by atoms with Gasteiger partial charge in [0.2, 0.25) is 0 Å². The number of hydrogen-bond acceptors (Lipinski definition) is 3. The number of anilines is 1. The molecule has 0 amide bonds. The molecule has 0 fully saturated rings. The van der Waals surface area contributed by atoms with Crippen molar-refractivity contribution in [3.63, 3.8) is 0 Å². The van der Waals surface area contributed by atoms with Crippen LogP contribution in [0.5, 0.6) is 0 Å². The molecular weight excluding hydrogens is 234 g/mol. The SMILES string of the molecule is Cc1nc(C2CCCc3ccccc32)nc(N)c1C. The first kappa shape index (κ1) is 12.2. The van der Waals surface area contributed by atoms with Gasteiger partial charge in [-0.2, -0.15) is 0 Å². The molecule has 3 heteroatoms. The zero-order valence-electron chi connectivity index (χ0n) is 11.5. The number of hydrogen-bond donors (Lipinski definition) is 1. The molecule has 2 N–H and O–H groups in total. The predicted octanol–water partition coefficient (Wildman–Crippen LogP) is 3.14. The molecule has 98 valence electrons. The fourth-order valence-corrected chi connectivity index (χ4v) is 2.85. The summed E-state index contributed by atoms with van der Waals surface area (Å²) in [7, 11) is 0. The maximum absolute atomic E-state index is 6.00. The van der Waals surface area contributed by atoms with Gasteiger partial charge in [-0.3, -0.25) is 0 Å². The van der Waals surface area contributed by atoms with Crippen molar-refractivity contribution in [1.29, 1.82) is 0 Å². The lowest BCUT2D eigenvalue weighted by Crippen LogP contribution is -2.15. The highest BCUT2D eigenvalue weighted by Gasteiger charge is 2.24. The van der Waals surface area contributed by atoms with Crippen LogP contribution in [0.3, 0.4) is 0 Å². The standard InChI is InChI=1S/C16H19N3/c1-10-11(2)18-16(19-15(10)17)14-9-5-7-12-6-3-4-8-13(12)14/h3-4,6,8,14H,5,7,9H2,1-2H3,(H2,17,18,19). The summed E-state index contributed by atoms with van der Waals surface area (Å²) >= 11 is 0. The molecule has 0 bridgehead atoms. The molecule has 3 rings (SSSR count). The van der Waals surface area contributed by atoms with Crippen molar-refractivity contribution in [3.05, 3.63) is 52.5 Å². The third-order valence-corrected chi connectivity index (χ3v) is 4.13. The maximum Gasteiger partial charge on any atom is 0.138 e. The summed E-state index contributed by atoms with van der Waals surface area (Å²) in [6.07, 6.45) is 3.46. The van der Waals surface area contributed by atoms with Gasteiger partial charge in [-0.25, -0.2) is 9.97 Å². The lowest BCUT2D eigenvalue weighted by molar-refractivity contribution is 0.589. The van der Waals surface area contributed by atoms with Gasteiger partial charge in [-0.1, -0.05) is 24.3 Å². The summed E-state index contributed by atoms with van der Waals surface area (Å²) in [6, 6.07) is 8.62. The summed E-state index contributed by atoms with van der Waals surface area (Å²) in [5.41, 5.74) is 10.8. The number of aromatic nitrogens is 2. The summed E-state index contributed by atoms with van der Waals surface area (Å²) in [5, 5.41) is 0. The van der Waals surface area contributed by atoms with E-state index in [1.807, 2.05) is 13.8 Å². The van der Waals surface area contributed by atoms with Crippen molar-refractivity contribution in [3.8, 4) is 0 Å². The van der Waals surface area contributed by atoms with Crippen molar-refractivity contribution in [2.24, 2.45) is 0 Å². The molecule has 1 aliphatic rings. The minimum atomic E-state index is 0.298. The number of rotatable bonds is 1. The molecule has 0 spiro atoms. The zero-order valence-corrected chi connectivity index (χ0v) is 11.5. The molecule has 2 aromatic rings. The first-order valence-electron chi connectivity index (χ1n) is 6.85. The Kier molecular flexibility index (Phi) is 2.97. The highest BCUT2D eigenvalue weighted by atomic mass is 15.0. The first-order chi connectivity index (χ1) is 9.16. The Morgan fingerprint density at radius 2 is 1.95 bits per heavy atom. The van der Waals surface area contributed by atoms with Gasteiger partial charge in [0.05, 0.1) is 0 Å². The van der Waals surface area contributed by atoms with E-state index in [0.29, 0.717) is 11.7 Å². The third-order valence-electron chi connectivity index (χ3n) is 4.13. The van der Waals surface area contributed by atoms with Crippen LogP contribution in [0, 0.1) is 13.8 Å². The monoisotopic (exact) mass is 253 g/mol.